The summed E-state index contributed by atoms with van der Waals surface area (Å²) in [4.78, 5) is 0. The molecule has 1 aromatic carbocycles. The molecule has 1 aliphatic heterocycles. The van der Waals surface area contributed by atoms with Gasteiger partial charge in [0, 0.05) is 10.9 Å². The van der Waals surface area contributed by atoms with Gasteiger partial charge < -0.3 is 19.5 Å². The summed E-state index contributed by atoms with van der Waals surface area (Å²) in [5.41, 5.74) is 0.534. The molecule has 1 aromatic rings. The smallest absolute Gasteiger partial charge is 0.489 e. The molecule has 0 saturated heterocycles. The lowest BCUT2D eigenvalue weighted by Gasteiger charge is -2.11. The van der Waals surface area contributed by atoms with Crippen LogP contribution >= 0.6 is 0 Å². The fourth-order valence-electron chi connectivity index (χ4n) is 1.97. The molecular formula is C11H13BO4. The fraction of sp³-hybridized carbons (Fsp3) is 0.455. The van der Waals surface area contributed by atoms with Crippen LogP contribution in [-0.2, 0) is 0 Å². The van der Waals surface area contributed by atoms with E-state index in [4.69, 9.17) is 9.47 Å². The van der Waals surface area contributed by atoms with Gasteiger partial charge in [0.05, 0.1) is 13.2 Å². The summed E-state index contributed by atoms with van der Waals surface area (Å²) >= 11 is 0. The van der Waals surface area contributed by atoms with E-state index in [1.54, 1.807) is 18.2 Å². The van der Waals surface area contributed by atoms with Crippen LogP contribution < -0.4 is 14.9 Å². The Labute approximate surface area is 94.0 Å². The third kappa shape index (κ3) is 1.56. The molecule has 1 spiro atoms. The minimum Gasteiger partial charge on any atom is -0.489 e. The van der Waals surface area contributed by atoms with Crippen LogP contribution in [0.25, 0.3) is 0 Å². The van der Waals surface area contributed by atoms with Crippen molar-refractivity contribution < 1.29 is 19.5 Å². The van der Waals surface area contributed by atoms with Crippen LogP contribution in [0.1, 0.15) is 12.8 Å². The second kappa shape index (κ2) is 3.40. The Hall–Kier alpha value is -1.20. The van der Waals surface area contributed by atoms with Gasteiger partial charge >= 0.3 is 7.12 Å². The zero-order valence-electron chi connectivity index (χ0n) is 8.85. The summed E-state index contributed by atoms with van der Waals surface area (Å²) in [7, 11) is -1.52. The monoisotopic (exact) mass is 220 g/mol. The minimum absolute atomic E-state index is 0.163. The Balaban J connectivity index is 1.97. The molecule has 0 bridgehead atoms. The summed E-state index contributed by atoms with van der Waals surface area (Å²) in [6, 6.07) is 5.17. The second-order valence-corrected chi connectivity index (χ2v) is 4.63. The second-order valence-electron chi connectivity index (χ2n) is 4.63. The van der Waals surface area contributed by atoms with Crippen LogP contribution in [-0.4, -0.2) is 30.4 Å². The number of benzene rings is 1. The first-order valence-corrected chi connectivity index (χ1v) is 5.45. The van der Waals surface area contributed by atoms with E-state index in [9.17, 15) is 10.0 Å². The van der Waals surface area contributed by atoms with Crippen molar-refractivity contribution in [1.29, 1.82) is 0 Å². The highest BCUT2D eigenvalue weighted by Crippen LogP contribution is 2.48. The Morgan fingerprint density at radius 1 is 1.12 bits per heavy atom. The zero-order valence-corrected chi connectivity index (χ0v) is 8.85. The number of rotatable bonds is 1. The first-order valence-electron chi connectivity index (χ1n) is 5.45. The maximum Gasteiger partial charge on any atom is 0.492 e. The van der Waals surface area contributed by atoms with Crippen LogP contribution in [0.3, 0.4) is 0 Å². The standard InChI is InChI=1S/C11H13BO4/c13-12(14)8-2-1-3-9-10(8)16-7-11(4-5-11)6-15-9/h1-3,13-14H,4-7H2. The molecule has 2 N–H and O–H groups in total. The zero-order chi connectivity index (χ0) is 11.2. The molecule has 84 valence electrons. The molecule has 1 saturated carbocycles. The van der Waals surface area contributed by atoms with Gasteiger partial charge in [0.15, 0.2) is 11.5 Å². The molecule has 0 radical (unpaired) electrons. The van der Waals surface area contributed by atoms with Crippen molar-refractivity contribution in [3.05, 3.63) is 18.2 Å². The van der Waals surface area contributed by atoms with E-state index in [0.717, 1.165) is 12.8 Å². The van der Waals surface area contributed by atoms with E-state index in [-0.39, 0.29) is 5.41 Å². The Bertz CT molecular complexity index is 414. The van der Waals surface area contributed by atoms with Crippen LogP contribution in [0, 0.1) is 5.41 Å². The van der Waals surface area contributed by atoms with Crippen LogP contribution in [0.5, 0.6) is 11.5 Å². The van der Waals surface area contributed by atoms with Crippen molar-refractivity contribution in [2.45, 2.75) is 12.8 Å². The molecule has 5 heteroatoms. The highest BCUT2D eigenvalue weighted by Gasteiger charge is 2.46. The van der Waals surface area contributed by atoms with Gasteiger partial charge in [0.1, 0.15) is 0 Å². The van der Waals surface area contributed by atoms with Crippen molar-refractivity contribution in [2.75, 3.05) is 13.2 Å². The number of para-hydroxylation sites is 1. The average molecular weight is 220 g/mol. The third-order valence-corrected chi connectivity index (χ3v) is 3.30. The molecular weight excluding hydrogens is 207 g/mol. The lowest BCUT2D eigenvalue weighted by Crippen LogP contribution is -2.31. The molecule has 1 fully saturated rings. The first-order chi connectivity index (χ1) is 7.70. The largest absolute Gasteiger partial charge is 0.492 e. The normalized spacial score (nSPS) is 20.4. The molecule has 2 aliphatic rings. The maximum absolute atomic E-state index is 9.24. The highest BCUT2D eigenvalue weighted by atomic mass is 16.5. The summed E-state index contributed by atoms with van der Waals surface area (Å²) in [6.07, 6.45) is 2.25. The molecule has 0 amide bonds. The van der Waals surface area contributed by atoms with E-state index in [1.807, 2.05) is 0 Å². The van der Waals surface area contributed by atoms with Gasteiger partial charge in [-0.05, 0) is 18.9 Å². The SMILES string of the molecule is OB(O)c1cccc2c1OCC1(CC1)CO2. The Morgan fingerprint density at radius 3 is 2.56 bits per heavy atom. The summed E-state index contributed by atoms with van der Waals surface area (Å²) in [5.74, 6) is 1.08. The molecule has 0 atom stereocenters. The third-order valence-electron chi connectivity index (χ3n) is 3.30. The topological polar surface area (TPSA) is 58.9 Å². The van der Waals surface area contributed by atoms with Gasteiger partial charge in [-0.25, -0.2) is 0 Å². The highest BCUT2D eigenvalue weighted by molar-refractivity contribution is 6.59. The van der Waals surface area contributed by atoms with Gasteiger partial charge in [-0.15, -0.1) is 0 Å². The predicted molar refractivity (Wildman–Crippen MR) is 58.9 cm³/mol. The van der Waals surface area contributed by atoms with E-state index >= 15 is 0 Å². The first kappa shape index (κ1) is 9.99. The van der Waals surface area contributed by atoms with Gasteiger partial charge in [-0.1, -0.05) is 12.1 Å². The van der Waals surface area contributed by atoms with Crippen molar-refractivity contribution in [1.82, 2.24) is 0 Å². The molecule has 3 rings (SSSR count). The fourth-order valence-corrected chi connectivity index (χ4v) is 1.97. The van der Waals surface area contributed by atoms with Crippen molar-refractivity contribution in [2.24, 2.45) is 5.41 Å². The Morgan fingerprint density at radius 2 is 1.88 bits per heavy atom. The van der Waals surface area contributed by atoms with Crippen molar-refractivity contribution >= 4 is 12.6 Å². The molecule has 1 heterocycles. The lowest BCUT2D eigenvalue weighted by atomic mass is 9.79. The predicted octanol–water partition coefficient (Wildman–Crippen LogP) is -0.0822. The number of fused-ring (bicyclic) bond motifs is 1. The average Bonchev–Trinajstić information content (AvgIpc) is 3.06. The lowest BCUT2D eigenvalue weighted by molar-refractivity contribution is 0.197. The summed E-state index contributed by atoms with van der Waals surface area (Å²) in [5, 5.41) is 18.5. The number of hydrogen-bond donors (Lipinski definition) is 2. The van der Waals surface area contributed by atoms with Crippen molar-refractivity contribution in [3.8, 4) is 11.5 Å². The van der Waals surface area contributed by atoms with Gasteiger partial charge in [-0.3, -0.25) is 0 Å². The van der Waals surface area contributed by atoms with E-state index in [2.05, 4.69) is 0 Å². The molecule has 16 heavy (non-hydrogen) atoms. The number of hydrogen-bond acceptors (Lipinski definition) is 4. The summed E-state index contributed by atoms with van der Waals surface area (Å²) in [6.45, 7) is 1.26. The van der Waals surface area contributed by atoms with Gasteiger partial charge in [0.2, 0.25) is 0 Å². The Kier molecular flexibility index (Phi) is 2.12. The van der Waals surface area contributed by atoms with E-state index in [1.165, 1.54) is 0 Å². The van der Waals surface area contributed by atoms with E-state index < -0.39 is 7.12 Å². The maximum atomic E-state index is 9.24. The molecule has 4 nitrogen and oxygen atoms in total. The van der Waals surface area contributed by atoms with Crippen LogP contribution in [0.4, 0.5) is 0 Å². The van der Waals surface area contributed by atoms with Gasteiger partial charge in [-0.2, -0.15) is 0 Å². The summed E-state index contributed by atoms with van der Waals surface area (Å²) < 4.78 is 11.3. The molecule has 1 aliphatic carbocycles. The van der Waals surface area contributed by atoms with Crippen molar-refractivity contribution in [3.63, 3.8) is 0 Å². The van der Waals surface area contributed by atoms with E-state index in [0.29, 0.717) is 30.2 Å². The number of ether oxygens (including phenoxy) is 2. The van der Waals surface area contributed by atoms with Crippen LogP contribution in [0.2, 0.25) is 0 Å². The minimum atomic E-state index is -1.52. The van der Waals surface area contributed by atoms with Gasteiger partial charge in [0.25, 0.3) is 0 Å². The quantitative estimate of drug-likeness (QED) is 0.650. The molecule has 0 unspecified atom stereocenters. The van der Waals surface area contributed by atoms with Crippen LogP contribution in [0.15, 0.2) is 18.2 Å². The molecule has 0 aromatic heterocycles.